The molecule has 0 saturated heterocycles. The zero-order valence-corrected chi connectivity index (χ0v) is 17.5. The van der Waals surface area contributed by atoms with Crippen LogP contribution in [-0.4, -0.2) is 35.4 Å². The maximum atomic E-state index is 12.2. The molecule has 0 aliphatic carbocycles. The van der Waals surface area contributed by atoms with Gasteiger partial charge in [-0.05, 0) is 47.1 Å². The summed E-state index contributed by atoms with van der Waals surface area (Å²) in [6, 6.07) is 1.93. The molecule has 6 heteroatoms. The Morgan fingerprint density at radius 3 is 2.27 bits per heavy atom. The van der Waals surface area contributed by atoms with E-state index in [0.717, 1.165) is 17.8 Å². The highest BCUT2D eigenvalue weighted by Gasteiger charge is 2.25. The Kier molecular flexibility index (Phi) is 7.30. The van der Waals surface area contributed by atoms with Crippen molar-refractivity contribution in [2.75, 3.05) is 13.2 Å². The number of amides is 1. The van der Waals surface area contributed by atoms with Gasteiger partial charge in [0.15, 0.2) is 0 Å². The Labute approximate surface area is 157 Å². The van der Waals surface area contributed by atoms with Crippen LogP contribution in [0.3, 0.4) is 0 Å². The van der Waals surface area contributed by atoms with Crippen molar-refractivity contribution in [1.82, 2.24) is 9.88 Å². The summed E-state index contributed by atoms with van der Waals surface area (Å²) in [6.45, 7) is 17.2. The molecule has 0 radical (unpaired) electrons. The van der Waals surface area contributed by atoms with Gasteiger partial charge in [-0.15, -0.1) is 0 Å². The monoisotopic (exact) mass is 366 g/mol. The maximum Gasteiger partial charge on any atom is 0.407 e. The third-order valence-corrected chi connectivity index (χ3v) is 3.86. The number of aromatic nitrogens is 1. The summed E-state index contributed by atoms with van der Waals surface area (Å²) in [5.74, 6) is -0.291. The summed E-state index contributed by atoms with van der Waals surface area (Å²) in [6.07, 6.45) is 0.324. The maximum absolute atomic E-state index is 12.2. The molecule has 6 nitrogen and oxygen atoms in total. The standard InChI is InChI=1S/C20H34N2O4/c1-9-25-17(23)15-13-16(19(3,4)5)22(14(15)2)12-10-11-21-18(24)26-20(6,7)8/h13H,9-12H2,1-8H3,(H,21,24). The van der Waals surface area contributed by atoms with Crippen LogP contribution in [0.5, 0.6) is 0 Å². The third kappa shape index (κ3) is 6.39. The number of nitrogens with one attached hydrogen (secondary N) is 1. The summed E-state index contributed by atoms with van der Waals surface area (Å²) in [4.78, 5) is 23.9. The van der Waals surface area contributed by atoms with Crippen LogP contribution in [-0.2, 0) is 21.4 Å². The van der Waals surface area contributed by atoms with E-state index in [-0.39, 0.29) is 11.4 Å². The SMILES string of the molecule is CCOC(=O)c1cc(C(C)(C)C)n(CCCNC(=O)OC(C)(C)C)c1C. The van der Waals surface area contributed by atoms with Crippen LogP contribution in [0, 0.1) is 6.92 Å². The van der Waals surface area contributed by atoms with Gasteiger partial charge in [-0.1, -0.05) is 20.8 Å². The molecule has 0 saturated carbocycles. The van der Waals surface area contributed by atoms with Crippen LogP contribution in [0.2, 0.25) is 0 Å². The average molecular weight is 367 g/mol. The largest absolute Gasteiger partial charge is 0.462 e. The lowest BCUT2D eigenvalue weighted by molar-refractivity contribution is 0.0516. The Morgan fingerprint density at radius 2 is 1.77 bits per heavy atom. The number of hydrogen-bond donors (Lipinski definition) is 1. The normalized spacial score (nSPS) is 12.0. The van der Waals surface area contributed by atoms with Gasteiger partial charge in [0, 0.05) is 29.9 Å². The number of nitrogens with zero attached hydrogens (tertiary/aromatic N) is 1. The molecule has 1 aromatic heterocycles. The highest BCUT2D eigenvalue weighted by molar-refractivity contribution is 5.91. The van der Waals surface area contributed by atoms with Crippen LogP contribution >= 0.6 is 0 Å². The first-order valence-electron chi connectivity index (χ1n) is 9.21. The van der Waals surface area contributed by atoms with E-state index in [9.17, 15) is 9.59 Å². The first kappa shape index (κ1) is 22.1. The molecular weight excluding hydrogens is 332 g/mol. The second-order valence-corrected chi connectivity index (χ2v) is 8.43. The molecule has 0 atom stereocenters. The van der Waals surface area contributed by atoms with Gasteiger partial charge in [0.25, 0.3) is 0 Å². The zero-order chi connectivity index (χ0) is 20.1. The Balaban J connectivity index is 2.82. The smallest absolute Gasteiger partial charge is 0.407 e. The lowest BCUT2D eigenvalue weighted by atomic mass is 9.92. The predicted molar refractivity (Wildman–Crippen MR) is 103 cm³/mol. The fourth-order valence-electron chi connectivity index (χ4n) is 2.71. The Morgan fingerprint density at radius 1 is 1.15 bits per heavy atom. The van der Waals surface area contributed by atoms with Crippen LogP contribution in [0.1, 0.15) is 76.6 Å². The fourth-order valence-corrected chi connectivity index (χ4v) is 2.71. The minimum absolute atomic E-state index is 0.103. The molecule has 1 aromatic rings. The van der Waals surface area contributed by atoms with Gasteiger partial charge < -0.3 is 19.4 Å². The molecule has 1 N–H and O–H groups in total. The third-order valence-electron chi connectivity index (χ3n) is 3.86. The van der Waals surface area contributed by atoms with Crippen molar-refractivity contribution >= 4 is 12.1 Å². The summed E-state index contributed by atoms with van der Waals surface area (Å²) in [5, 5.41) is 2.77. The van der Waals surface area contributed by atoms with E-state index in [4.69, 9.17) is 9.47 Å². The van der Waals surface area contributed by atoms with Crippen molar-refractivity contribution in [1.29, 1.82) is 0 Å². The van der Waals surface area contributed by atoms with Crippen LogP contribution in [0.4, 0.5) is 4.79 Å². The van der Waals surface area contributed by atoms with E-state index in [2.05, 4.69) is 30.7 Å². The van der Waals surface area contributed by atoms with Gasteiger partial charge in [0.2, 0.25) is 0 Å². The van der Waals surface area contributed by atoms with Crippen molar-refractivity contribution in [2.45, 2.75) is 79.4 Å². The molecule has 0 aromatic carbocycles. The number of carbonyl (C=O) groups excluding carboxylic acids is 2. The van der Waals surface area contributed by atoms with Crippen LogP contribution < -0.4 is 5.32 Å². The van der Waals surface area contributed by atoms with E-state index in [0.29, 0.717) is 25.3 Å². The molecule has 1 heterocycles. The molecule has 148 valence electrons. The van der Waals surface area contributed by atoms with E-state index in [1.807, 2.05) is 33.8 Å². The lowest BCUT2D eigenvalue weighted by Crippen LogP contribution is -2.33. The highest BCUT2D eigenvalue weighted by atomic mass is 16.6. The van der Waals surface area contributed by atoms with E-state index < -0.39 is 11.7 Å². The number of ether oxygens (including phenoxy) is 2. The molecule has 0 spiro atoms. The van der Waals surface area contributed by atoms with Gasteiger partial charge >= 0.3 is 12.1 Å². The number of alkyl carbamates (subject to hydrolysis) is 1. The van der Waals surface area contributed by atoms with Gasteiger partial charge in [-0.3, -0.25) is 0 Å². The molecule has 1 amide bonds. The van der Waals surface area contributed by atoms with E-state index in [1.165, 1.54) is 0 Å². The summed E-state index contributed by atoms with van der Waals surface area (Å²) < 4.78 is 12.5. The van der Waals surface area contributed by atoms with Crippen LogP contribution in [0.25, 0.3) is 0 Å². The number of rotatable bonds is 6. The Bertz CT molecular complexity index is 633. The number of carbonyl (C=O) groups is 2. The van der Waals surface area contributed by atoms with Crippen molar-refractivity contribution in [3.05, 3.63) is 23.0 Å². The second-order valence-electron chi connectivity index (χ2n) is 8.43. The van der Waals surface area contributed by atoms with Gasteiger partial charge in [0.05, 0.1) is 12.2 Å². The van der Waals surface area contributed by atoms with Crippen molar-refractivity contribution in [3.63, 3.8) is 0 Å². The molecule has 26 heavy (non-hydrogen) atoms. The molecular formula is C20H34N2O4. The van der Waals surface area contributed by atoms with Gasteiger partial charge in [-0.2, -0.15) is 0 Å². The molecule has 0 fully saturated rings. The van der Waals surface area contributed by atoms with Gasteiger partial charge in [-0.25, -0.2) is 9.59 Å². The lowest BCUT2D eigenvalue weighted by Gasteiger charge is -2.23. The van der Waals surface area contributed by atoms with E-state index >= 15 is 0 Å². The highest BCUT2D eigenvalue weighted by Crippen LogP contribution is 2.28. The Hall–Kier alpha value is -1.98. The van der Waals surface area contributed by atoms with Crippen LogP contribution in [0.15, 0.2) is 6.07 Å². The van der Waals surface area contributed by atoms with Crippen molar-refractivity contribution in [3.8, 4) is 0 Å². The summed E-state index contributed by atoms with van der Waals surface area (Å²) in [7, 11) is 0. The minimum Gasteiger partial charge on any atom is -0.462 e. The quantitative estimate of drug-likeness (QED) is 0.605. The summed E-state index contributed by atoms with van der Waals surface area (Å²) >= 11 is 0. The first-order valence-corrected chi connectivity index (χ1v) is 9.21. The topological polar surface area (TPSA) is 69.6 Å². The minimum atomic E-state index is -0.505. The summed E-state index contributed by atoms with van der Waals surface area (Å²) in [5.41, 5.74) is 1.97. The second kappa shape index (κ2) is 8.60. The molecule has 0 unspecified atom stereocenters. The average Bonchev–Trinajstić information content (AvgIpc) is 2.79. The fraction of sp³-hybridized carbons (Fsp3) is 0.700. The van der Waals surface area contributed by atoms with Crippen molar-refractivity contribution in [2.24, 2.45) is 0 Å². The zero-order valence-electron chi connectivity index (χ0n) is 17.5. The molecule has 0 aliphatic rings. The number of hydrogen-bond acceptors (Lipinski definition) is 4. The molecule has 1 rings (SSSR count). The number of esters is 1. The predicted octanol–water partition coefficient (Wildman–Crippen LogP) is 4.19. The van der Waals surface area contributed by atoms with Gasteiger partial charge in [0.1, 0.15) is 5.60 Å². The molecule has 0 bridgehead atoms. The first-order chi connectivity index (χ1) is 11.9. The van der Waals surface area contributed by atoms with Crippen molar-refractivity contribution < 1.29 is 19.1 Å². The van der Waals surface area contributed by atoms with E-state index in [1.54, 1.807) is 6.92 Å². The molecule has 0 aliphatic heterocycles.